The predicted molar refractivity (Wildman–Crippen MR) is 87.0 cm³/mol. The van der Waals surface area contributed by atoms with Crippen molar-refractivity contribution in [2.24, 2.45) is 0 Å². The molecule has 0 amide bonds. The molecule has 0 saturated carbocycles. The maximum absolute atomic E-state index is 11.0. The van der Waals surface area contributed by atoms with Gasteiger partial charge in [-0.05, 0) is 18.2 Å². The highest BCUT2D eigenvalue weighted by molar-refractivity contribution is 7.18. The average molecular weight is 332 g/mol. The minimum atomic E-state index is -1.01. The number of anilines is 2. The van der Waals surface area contributed by atoms with Crippen LogP contribution in [0, 0.1) is 0 Å². The minimum Gasteiger partial charge on any atom is -0.478 e. The Morgan fingerprint density at radius 3 is 2.82 bits per heavy atom. The number of pyridine rings is 1. The quantitative estimate of drug-likeness (QED) is 0.745. The van der Waals surface area contributed by atoms with E-state index in [2.05, 4.69) is 15.3 Å². The summed E-state index contributed by atoms with van der Waals surface area (Å²) in [5, 5.41) is 13.4. The van der Waals surface area contributed by atoms with Gasteiger partial charge in [0, 0.05) is 24.2 Å². The second-order valence-electron chi connectivity index (χ2n) is 4.40. The number of nitrogens with zero attached hydrogens (tertiary/aromatic N) is 2. The number of para-hydroxylation sites is 1. The molecule has 0 spiro atoms. The molecule has 110 valence electrons. The molecule has 0 unspecified atom stereocenters. The number of carboxylic acids is 1. The Morgan fingerprint density at radius 2 is 2.05 bits per heavy atom. The van der Waals surface area contributed by atoms with Gasteiger partial charge in [0.2, 0.25) is 0 Å². The number of nitrogens with one attached hydrogen (secondary N) is 1. The molecule has 0 atom stereocenters. The topological polar surface area (TPSA) is 75.1 Å². The lowest BCUT2D eigenvalue weighted by Crippen LogP contribution is -1.96. The van der Waals surface area contributed by atoms with E-state index in [4.69, 9.17) is 16.7 Å². The molecular formula is C15H10ClN3O2S. The average Bonchev–Trinajstić information content (AvgIpc) is 2.98. The largest absolute Gasteiger partial charge is 0.478 e. The summed E-state index contributed by atoms with van der Waals surface area (Å²) < 4.78 is 0. The van der Waals surface area contributed by atoms with Crippen molar-refractivity contribution in [2.75, 3.05) is 5.32 Å². The maximum atomic E-state index is 11.0. The third kappa shape index (κ3) is 3.08. The lowest BCUT2D eigenvalue weighted by molar-refractivity contribution is 0.0696. The van der Waals surface area contributed by atoms with E-state index in [0.29, 0.717) is 15.7 Å². The molecule has 0 aliphatic carbocycles. The van der Waals surface area contributed by atoms with Crippen LogP contribution in [0.25, 0.3) is 10.4 Å². The van der Waals surface area contributed by atoms with Crippen LogP contribution in [0.2, 0.25) is 5.02 Å². The molecule has 0 aliphatic heterocycles. The molecule has 22 heavy (non-hydrogen) atoms. The van der Waals surface area contributed by atoms with Crippen LogP contribution in [0.4, 0.5) is 10.8 Å². The van der Waals surface area contributed by atoms with Gasteiger partial charge in [-0.3, -0.25) is 4.98 Å². The number of aromatic nitrogens is 2. The molecule has 2 N–H and O–H groups in total. The van der Waals surface area contributed by atoms with Gasteiger partial charge in [-0.25, -0.2) is 9.78 Å². The Kier molecular flexibility index (Phi) is 4.04. The van der Waals surface area contributed by atoms with Gasteiger partial charge in [0.25, 0.3) is 0 Å². The molecule has 0 saturated heterocycles. The van der Waals surface area contributed by atoms with Gasteiger partial charge in [0.05, 0.1) is 21.2 Å². The second-order valence-corrected chi connectivity index (χ2v) is 5.84. The fourth-order valence-corrected chi connectivity index (χ4v) is 2.83. The zero-order valence-corrected chi connectivity index (χ0v) is 12.7. The summed E-state index contributed by atoms with van der Waals surface area (Å²) in [7, 11) is 0. The van der Waals surface area contributed by atoms with Gasteiger partial charge >= 0.3 is 5.97 Å². The maximum Gasteiger partial charge on any atom is 0.337 e. The van der Waals surface area contributed by atoms with Crippen molar-refractivity contribution in [3.8, 4) is 10.4 Å². The molecule has 3 aromatic rings. The first-order chi connectivity index (χ1) is 10.6. The summed E-state index contributed by atoms with van der Waals surface area (Å²) in [5.41, 5.74) is 1.62. The number of hydrogen-bond donors (Lipinski definition) is 2. The summed E-state index contributed by atoms with van der Waals surface area (Å²) in [6.45, 7) is 0. The third-order valence-electron chi connectivity index (χ3n) is 2.89. The number of thiazole rings is 1. The first-order valence-electron chi connectivity index (χ1n) is 6.29. The Bertz CT molecular complexity index is 835. The van der Waals surface area contributed by atoms with Gasteiger partial charge < -0.3 is 10.4 Å². The van der Waals surface area contributed by atoms with E-state index in [1.165, 1.54) is 17.5 Å². The highest BCUT2D eigenvalue weighted by Crippen LogP contribution is 2.32. The van der Waals surface area contributed by atoms with Crippen molar-refractivity contribution in [2.45, 2.75) is 0 Å². The molecule has 7 heteroatoms. The molecule has 0 bridgehead atoms. The van der Waals surface area contributed by atoms with Gasteiger partial charge in [0.15, 0.2) is 5.13 Å². The van der Waals surface area contributed by atoms with Crippen molar-refractivity contribution in [3.63, 3.8) is 0 Å². The zero-order chi connectivity index (χ0) is 15.5. The number of halogens is 1. The number of rotatable bonds is 4. The fourth-order valence-electron chi connectivity index (χ4n) is 1.83. The first kappa shape index (κ1) is 14.5. The third-order valence-corrected chi connectivity index (χ3v) is 4.18. The van der Waals surface area contributed by atoms with Crippen LogP contribution in [0.15, 0.2) is 48.9 Å². The van der Waals surface area contributed by atoms with E-state index >= 15 is 0 Å². The fraction of sp³-hybridized carbons (Fsp3) is 0. The SMILES string of the molecule is O=C(O)c1cncc(-c2cnc(Nc3ccccc3Cl)s2)c1. The van der Waals surface area contributed by atoms with Gasteiger partial charge in [0.1, 0.15) is 0 Å². The lowest BCUT2D eigenvalue weighted by atomic mass is 10.2. The molecule has 2 heterocycles. The van der Waals surface area contributed by atoms with Gasteiger partial charge in [-0.15, -0.1) is 0 Å². The van der Waals surface area contributed by atoms with Gasteiger partial charge in [-0.1, -0.05) is 35.1 Å². The monoisotopic (exact) mass is 331 g/mol. The zero-order valence-electron chi connectivity index (χ0n) is 11.2. The van der Waals surface area contributed by atoms with E-state index in [0.717, 1.165) is 10.6 Å². The van der Waals surface area contributed by atoms with Crippen molar-refractivity contribution < 1.29 is 9.90 Å². The molecule has 0 radical (unpaired) electrons. The van der Waals surface area contributed by atoms with Crippen LogP contribution < -0.4 is 5.32 Å². The van der Waals surface area contributed by atoms with E-state index in [1.54, 1.807) is 24.5 Å². The minimum absolute atomic E-state index is 0.145. The highest BCUT2D eigenvalue weighted by Gasteiger charge is 2.09. The predicted octanol–water partition coefficient (Wildman–Crippen LogP) is 4.30. The van der Waals surface area contributed by atoms with Crippen LogP contribution in [-0.4, -0.2) is 21.0 Å². The Labute approximate surface area is 135 Å². The van der Waals surface area contributed by atoms with Crippen LogP contribution in [0.3, 0.4) is 0 Å². The number of benzene rings is 1. The van der Waals surface area contributed by atoms with Crippen molar-refractivity contribution in [1.29, 1.82) is 0 Å². The summed E-state index contributed by atoms with van der Waals surface area (Å²) in [5.74, 6) is -1.01. The van der Waals surface area contributed by atoms with E-state index in [-0.39, 0.29) is 5.56 Å². The summed E-state index contributed by atoms with van der Waals surface area (Å²) in [6.07, 6.45) is 4.60. The Balaban J connectivity index is 1.86. The Morgan fingerprint density at radius 1 is 1.23 bits per heavy atom. The molecular weight excluding hydrogens is 322 g/mol. The molecule has 3 rings (SSSR count). The second kappa shape index (κ2) is 6.13. The van der Waals surface area contributed by atoms with E-state index in [9.17, 15) is 4.79 Å². The number of hydrogen-bond acceptors (Lipinski definition) is 5. The van der Waals surface area contributed by atoms with Crippen LogP contribution >= 0.6 is 22.9 Å². The molecule has 2 aromatic heterocycles. The molecule has 5 nitrogen and oxygen atoms in total. The summed E-state index contributed by atoms with van der Waals surface area (Å²) in [4.78, 5) is 20.0. The van der Waals surface area contributed by atoms with Gasteiger partial charge in [-0.2, -0.15) is 0 Å². The normalized spacial score (nSPS) is 10.4. The molecule has 0 fully saturated rings. The van der Waals surface area contributed by atoms with Crippen molar-refractivity contribution in [1.82, 2.24) is 9.97 Å². The summed E-state index contributed by atoms with van der Waals surface area (Å²) >= 11 is 7.49. The number of carbonyl (C=O) groups is 1. The smallest absolute Gasteiger partial charge is 0.337 e. The first-order valence-corrected chi connectivity index (χ1v) is 7.49. The van der Waals surface area contributed by atoms with E-state index < -0.39 is 5.97 Å². The van der Waals surface area contributed by atoms with E-state index in [1.807, 2.05) is 18.2 Å². The van der Waals surface area contributed by atoms with Crippen molar-refractivity contribution >= 4 is 39.7 Å². The van der Waals surface area contributed by atoms with Crippen LogP contribution in [0.1, 0.15) is 10.4 Å². The van der Waals surface area contributed by atoms with Crippen LogP contribution in [-0.2, 0) is 0 Å². The van der Waals surface area contributed by atoms with Crippen LogP contribution in [0.5, 0.6) is 0 Å². The molecule has 0 aliphatic rings. The number of carboxylic acid groups (broad SMARTS) is 1. The Hall–Kier alpha value is -2.44. The highest BCUT2D eigenvalue weighted by atomic mass is 35.5. The molecule has 1 aromatic carbocycles. The number of aromatic carboxylic acids is 1. The summed E-state index contributed by atoms with van der Waals surface area (Å²) in [6, 6.07) is 8.95. The standard InChI is InChI=1S/C15H10ClN3O2S/c16-11-3-1-2-4-12(11)19-15-18-8-13(22-15)9-5-10(14(20)21)7-17-6-9/h1-8H,(H,18,19)(H,20,21). The van der Waals surface area contributed by atoms with Crippen molar-refractivity contribution in [3.05, 3.63) is 59.5 Å². The lowest BCUT2D eigenvalue weighted by Gasteiger charge is -2.03.